The maximum Gasteiger partial charge on any atom is 0.317 e. The molecule has 1 aromatic rings. The zero-order valence-corrected chi connectivity index (χ0v) is 13.2. The Morgan fingerprint density at radius 1 is 1.27 bits per heavy atom. The van der Waals surface area contributed by atoms with Crippen molar-refractivity contribution in [2.75, 3.05) is 6.54 Å². The highest BCUT2D eigenvalue weighted by Crippen LogP contribution is 2.28. The summed E-state index contributed by atoms with van der Waals surface area (Å²) in [6, 6.07) is 2.11. The zero-order valence-electron chi connectivity index (χ0n) is 12.4. The molecule has 0 spiro atoms. The van der Waals surface area contributed by atoms with Gasteiger partial charge in [-0.3, -0.25) is 10.0 Å². The number of rotatable bonds is 2. The molecule has 0 bridgehead atoms. The SMILES string of the molecule is O=C(NO)c1cc2c(s1)CN(C(=O)NC1CCCCC1)CC2. The molecule has 3 N–H and O–H groups in total. The second kappa shape index (κ2) is 6.66. The Bertz CT molecular complexity index is 566. The highest BCUT2D eigenvalue weighted by molar-refractivity contribution is 7.14. The lowest BCUT2D eigenvalue weighted by Gasteiger charge is -2.30. The monoisotopic (exact) mass is 323 g/mol. The fourth-order valence-corrected chi connectivity index (χ4v) is 4.29. The largest absolute Gasteiger partial charge is 0.335 e. The van der Waals surface area contributed by atoms with E-state index in [0.29, 0.717) is 24.0 Å². The van der Waals surface area contributed by atoms with Crippen LogP contribution in [-0.2, 0) is 13.0 Å². The van der Waals surface area contributed by atoms with E-state index in [1.54, 1.807) is 5.48 Å². The first-order valence-electron chi connectivity index (χ1n) is 7.79. The molecule has 3 amide bonds. The standard InChI is InChI=1S/C15H21N3O3S/c19-14(17-21)12-8-10-6-7-18(9-13(10)22-12)15(20)16-11-4-2-1-3-5-11/h8,11,21H,1-7,9H2,(H,16,20)(H,17,19). The summed E-state index contributed by atoms with van der Waals surface area (Å²) >= 11 is 1.34. The summed E-state index contributed by atoms with van der Waals surface area (Å²) in [4.78, 5) is 27.2. The van der Waals surface area contributed by atoms with Crippen LogP contribution in [0.1, 0.15) is 52.2 Å². The molecule has 2 aliphatic rings. The van der Waals surface area contributed by atoms with Crippen LogP contribution in [0.2, 0.25) is 0 Å². The van der Waals surface area contributed by atoms with Crippen molar-refractivity contribution >= 4 is 23.3 Å². The number of hydroxylamine groups is 1. The fraction of sp³-hybridized carbons (Fsp3) is 0.600. The number of hydrogen-bond donors (Lipinski definition) is 3. The molecule has 3 rings (SSSR count). The van der Waals surface area contributed by atoms with Gasteiger partial charge in [0.1, 0.15) is 0 Å². The predicted molar refractivity (Wildman–Crippen MR) is 83.1 cm³/mol. The number of hydrogen-bond acceptors (Lipinski definition) is 4. The number of thiophene rings is 1. The summed E-state index contributed by atoms with van der Waals surface area (Å²) in [6.45, 7) is 1.21. The van der Waals surface area contributed by atoms with Gasteiger partial charge in [-0.1, -0.05) is 19.3 Å². The fourth-order valence-electron chi connectivity index (χ4n) is 3.17. The van der Waals surface area contributed by atoms with Crippen LogP contribution in [-0.4, -0.2) is 34.6 Å². The van der Waals surface area contributed by atoms with Crippen molar-refractivity contribution in [2.45, 2.75) is 51.1 Å². The average Bonchev–Trinajstić information content (AvgIpc) is 2.98. The first kappa shape index (κ1) is 15.3. The minimum absolute atomic E-state index is 0.000824. The number of urea groups is 1. The van der Waals surface area contributed by atoms with E-state index in [1.807, 2.05) is 11.0 Å². The third-order valence-corrected chi connectivity index (χ3v) is 5.59. The van der Waals surface area contributed by atoms with Gasteiger partial charge in [0.2, 0.25) is 0 Å². The highest BCUT2D eigenvalue weighted by Gasteiger charge is 2.26. The summed E-state index contributed by atoms with van der Waals surface area (Å²) in [6.07, 6.45) is 6.56. The van der Waals surface area contributed by atoms with E-state index in [1.165, 1.54) is 30.6 Å². The molecule has 120 valence electrons. The quantitative estimate of drug-likeness (QED) is 0.577. The molecule has 0 radical (unpaired) electrons. The number of nitrogens with zero attached hydrogens (tertiary/aromatic N) is 1. The zero-order chi connectivity index (χ0) is 15.5. The molecule has 1 saturated carbocycles. The van der Waals surface area contributed by atoms with Gasteiger partial charge >= 0.3 is 6.03 Å². The van der Waals surface area contributed by atoms with Crippen LogP contribution in [0.5, 0.6) is 0 Å². The molecule has 2 heterocycles. The van der Waals surface area contributed by atoms with Crippen molar-refractivity contribution in [2.24, 2.45) is 0 Å². The molecule has 1 aliphatic carbocycles. The van der Waals surface area contributed by atoms with Gasteiger partial charge in [-0.25, -0.2) is 10.3 Å². The van der Waals surface area contributed by atoms with Gasteiger partial charge in [0.25, 0.3) is 5.91 Å². The topological polar surface area (TPSA) is 81.7 Å². The van der Waals surface area contributed by atoms with Crippen molar-refractivity contribution < 1.29 is 14.8 Å². The van der Waals surface area contributed by atoms with E-state index in [4.69, 9.17) is 5.21 Å². The Morgan fingerprint density at radius 3 is 2.77 bits per heavy atom. The van der Waals surface area contributed by atoms with Crippen molar-refractivity contribution in [3.05, 3.63) is 21.4 Å². The number of amides is 3. The van der Waals surface area contributed by atoms with E-state index in [2.05, 4.69) is 5.32 Å². The first-order chi connectivity index (χ1) is 10.7. The molecule has 6 nitrogen and oxygen atoms in total. The van der Waals surface area contributed by atoms with Gasteiger partial charge < -0.3 is 10.2 Å². The predicted octanol–water partition coefficient (Wildman–Crippen LogP) is 2.27. The van der Waals surface area contributed by atoms with E-state index in [-0.39, 0.29) is 6.03 Å². The number of carbonyl (C=O) groups excluding carboxylic acids is 2. The molecule has 0 aromatic carbocycles. The summed E-state index contributed by atoms with van der Waals surface area (Å²) in [5.41, 5.74) is 2.76. The Hall–Kier alpha value is -1.60. The molecule has 7 heteroatoms. The maximum atomic E-state index is 12.4. The van der Waals surface area contributed by atoms with Crippen molar-refractivity contribution in [3.8, 4) is 0 Å². The minimum Gasteiger partial charge on any atom is -0.335 e. The van der Waals surface area contributed by atoms with E-state index in [0.717, 1.165) is 29.7 Å². The maximum absolute atomic E-state index is 12.4. The molecule has 0 atom stereocenters. The summed E-state index contributed by atoms with van der Waals surface area (Å²) in [7, 11) is 0. The van der Waals surface area contributed by atoms with E-state index >= 15 is 0 Å². The van der Waals surface area contributed by atoms with Crippen LogP contribution in [0.4, 0.5) is 4.79 Å². The van der Waals surface area contributed by atoms with Crippen LogP contribution in [0, 0.1) is 0 Å². The second-order valence-electron chi connectivity index (χ2n) is 5.96. The van der Waals surface area contributed by atoms with Gasteiger partial charge in [0.15, 0.2) is 0 Å². The number of fused-ring (bicyclic) bond motifs is 1. The molecular weight excluding hydrogens is 302 g/mol. The lowest BCUT2D eigenvalue weighted by molar-refractivity contribution is 0.0711. The van der Waals surface area contributed by atoms with Crippen LogP contribution in [0.3, 0.4) is 0 Å². The van der Waals surface area contributed by atoms with Crippen molar-refractivity contribution in [1.82, 2.24) is 15.7 Å². The second-order valence-corrected chi connectivity index (χ2v) is 7.09. The summed E-state index contributed by atoms with van der Waals surface area (Å²) < 4.78 is 0. The van der Waals surface area contributed by atoms with Crippen LogP contribution in [0.25, 0.3) is 0 Å². The van der Waals surface area contributed by atoms with Crippen molar-refractivity contribution in [3.63, 3.8) is 0 Å². The van der Waals surface area contributed by atoms with Gasteiger partial charge in [-0.2, -0.15) is 0 Å². The highest BCUT2D eigenvalue weighted by atomic mass is 32.1. The third-order valence-electron chi connectivity index (χ3n) is 4.43. The van der Waals surface area contributed by atoms with Gasteiger partial charge in [0, 0.05) is 17.5 Å². The smallest absolute Gasteiger partial charge is 0.317 e. The van der Waals surface area contributed by atoms with Crippen molar-refractivity contribution in [1.29, 1.82) is 0 Å². The number of nitrogens with one attached hydrogen (secondary N) is 2. The lowest BCUT2D eigenvalue weighted by atomic mass is 9.96. The Kier molecular flexibility index (Phi) is 4.63. The van der Waals surface area contributed by atoms with Gasteiger partial charge in [0.05, 0.1) is 11.4 Å². The molecule has 22 heavy (non-hydrogen) atoms. The first-order valence-corrected chi connectivity index (χ1v) is 8.60. The van der Waals surface area contributed by atoms with E-state index < -0.39 is 5.91 Å². The summed E-state index contributed by atoms with van der Waals surface area (Å²) in [5, 5.41) is 11.8. The normalized spacial score (nSPS) is 18.7. The molecule has 0 unspecified atom stereocenters. The average molecular weight is 323 g/mol. The van der Waals surface area contributed by atoms with Crippen LogP contribution < -0.4 is 10.8 Å². The third kappa shape index (κ3) is 3.25. The Balaban J connectivity index is 1.62. The molecular formula is C15H21N3O3S. The van der Waals surface area contributed by atoms with Gasteiger partial charge in [-0.15, -0.1) is 11.3 Å². The minimum atomic E-state index is -0.488. The lowest BCUT2D eigenvalue weighted by Crippen LogP contribution is -2.46. The van der Waals surface area contributed by atoms with Crippen LogP contribution >= 0.6 is 11.3 Å². The number of carbonyl (C=O) groups is 2. The van der Waals surface area contributed by atoms with Gasteiger partial charge in [-0.05, 0) is 30.9 Å². The molecule has 1 aliphatic heterocycles. The molecule has 1 fully saturated rings. The van der Waals surface area contributed by atoms with Crippen LogP contribution in [0.15, 0.2) is 6.07 Å². The molecule has 1 aromatic heterocycles. The Morgan fingerprint density at radius 2 is 2.05 bits per heavy atom. The Labute approximate surface area is 133 Å². The van der Waals surface area contributed by atoms with E-state index in [9.17, 15) is 9.59 Å². The summed E-state index contributed by atoms with van der Waals surface area (Å²) in [5.74, 6) is -0.488. The molecule has 0 saturated heterocycles.